The summed E-state index contributed by atoms with van der Waals surface area (Å²) in [4.78, 5) is 23.6. The highest BCUT2D eigenvalue weighted by Gasteiger charge is 2.12. The number of hydrazine groups is 1. The van der Waals surface area contributed by atoms with Crippen molar-refractivity contribution in [3.8, 4) is 5.75 Å². The van der Waals surface area contributed by atoms with Crippen LogP contribution in [0.4, 0.5) is 0 Å². The summed E-state index contributed by atoms with van der Waals surface area (Å²) in [6.45, 7) is 3.35. The van der Waals surface area contributed by atoms with E-state index in [1.807, 2.05) is 25.1 Å². The number of carbonyl (C=O) groups excluding carboxylic acids is 2. The van der Waals surface area contributed by atoms with E-state index >= 15 is 0 Å². The van der Waals surface area contributed by atoms with Gasteiger partial charge in [-0.15, -0.1) is 0 Å². The molecule has 0 aliphatic carbocycles. The highest BCUT2D eigenvalue weighted by molar-refractivity contribution is 7.80. The molecular formula is C16H17N3O4S. The van der Waals surface area contributed by atoms with Crippen LogP contribution in [-0.4, -0.2) is 23.5 Å². The Morgan fingerprint density at radius 3 is 2.58 bits per heavy atom. The maximum Gasteiger partial charge on any atom is 0.273 e. The van der Waals surface area contributed by atoms with Crippen molar-refractivity contribution < 1.29 is 18.7 Å². The van der Waals surface area contributed by atoms with Crippen LogP contribution in [0.25, 0.3) is 0 Å². The Morgan fingerprint density at radius 1 is 1.17 bits per heavy atom. The van der Waals surface area contributed by atoms with Gasteiger partial charge in [-0.25, -0.2) is 0 Å². The molecule has 0 aliphatic rings. The second kappa shape index (κ2) is 8.11. The first-order valence-electron chi connectivity index (χ1n) is 7.10. The number of hydrogen-bond donors (Lipinski definition) is 3. The molecule has 0 bridgehead atoms. The molecule has 24 heavy (non-hydrogen) atoms. The Hall–Kier alpha value is -2.87. The second-order valence-electron chi connectivity index (χ2n) is 4.90. The Morgan fingerprint density at radius 2 is 1.92 bits per heavy atom. The van der Waals surface area contributed by atoms with Gasteiger partial charge in [0.25, 0.3) is 11.8 Å². The molecule has 3 N–H and O–H groups in total. The molecule has 0 saturated heterocycles. The average molecular weight is 347 g/mol. The van der Waals surface area contributed by atoms with E-state index in [9.17, 15) is 9.59 Å². The zero-order valence-electron chi connectivity index (χ0n) is 13.2. The standard InChI is InChI=1S/C16H17N3O4S/c1-10-5-3-4-6-13(10)23-9-14(20)17-16(24)19-18-15(21)12-7-8-22-11(12)2/h3-8H,9H2,1-2H3,(H,18,21)(H2,17,19,20,24). The van der Waals surface area contributed by atoms with Crippen LogP contribution in [-0.2, 0) is 4.79 Å². The number of para-hydroxylation sites is 1. The van der Waals surface area contributed by atoms with E-state index in [2.05, 4.69) is 16.2 Å². The molecule has 0 fully saturated rings. The van der Waals surface area contributed by atoms with Gasteiger partial charge in [-0.2, -0.15) is 0 Å². The predicted molar refractivity (Wildman–Crippen MR) is 91.5 cm³/mol. The monoisotopic (exact) mass is 347 g/mol. The maximum absolute atomic E-state index is 11.8. The number of nitrogens with one attached hydrogen (secondary N) is 3. The molecule has 1 aromatic heterocycles. The topological polar surface area (TPSA) is 92.6 Å². The van der Waals surface area contributed by atoms with Gasteiger partial charge in [0.1, 0.15) is 11.5 Å². The van der Waals surface area contributed by atoms with Crippen LogP contribution < -0.4 is 20.9 Å². The smallest absolute Gasteiger partial charge is 0.273 e. The molecular weight excluding hydrogens is 330 g/mol. The molecule has 0 aliphatic heterocycles. The first-order valence-corrected chi connectivity index (χ1v) is 7.51. The van der Waals surface area contributed by atoms with Crippen molar-refractivity contribution >= 4 is 29.1 Å². The quantitative estimate of drug-likeness (QED) is 0.575. The van der Waals surface area contributed by atoms with E-state index in [0.29, 0.717) is 17.1 Å². The van der Waals surface area contributed by atoms with Gasteiger partial charge >= 0.3 is 0 Å². The van der Waals surface area contributed by atoms with E-state index in [-0.39, 0.29) is 11.7 Å². The normalized spacial score (nSPS) is 9.92. The lowest BCUT2D eigenvalue weighted by Gasteiger charge is -2.11. The maximum atomic E-state index is 11.8. The number of carbonyl (C=O) groups is 2. The third-order valence-corrected chi connectivity index (χ3v) is 3.30. The lowest BCUT2D eigenvalue weighted by molar-refractivity contribution is -0.121. The lowest BCUT2D eigenvalue weighted by Crippen LogP contribution is -2.49. The van der Waals surface area contributed by atoms with Crippen LogP contribution in [0, 0.1) is 13.8 Å². The van der Waals surface area contributed by atoms with Crippen LogP contribution >= 0.6 is 12.2 Å². The van der Waals surface area contributed by atoms with Crippen LogP contribution in [0.3, 0.4) is 0 Å². The van der Waals surface area contributed by atoms with Gasteiger partial charge in [0.15, 0.2) is 11.7 Å². The highest BCUT2D eigenvalue weighted by Crippen LogP contribution is 2.15. The Balaban J connectivity index is 1.74. The fourth-order valence-electron chi connectivity index (χ4n) is 1.86. The van der Waals surface area contributed by atoms with Crippen LogP contribution in [0.5, 0.6) is 5.75 Å². The number of hydrogen-bond acceptors (Lipinski definition) is 5. The third kappa shape index (κ3) is 4.82. The molecule has 1 aromatic carbocycles. The van der Waals surface area contributed by atoms with E-state index in [0.717, 1.165) is 5.56 Å². The SMILES string of the molecule is Cc1ccccc1OCC(=O)NC(=S)NNC(=O)c1ccoc1C. The summed E-state index contributed by atoms with van der Waals surface area (Å²) in [5.41, 5.74) is 6.11. The van der Waals surface area contributed by atoms with Crippen molar-refractivity contribution in [2.24, 2.45) is 0 Å². The summed E-state index contributed by atoms with van der Waals surface area (Å²) < 4.78 is 10.4. The second-order valence-corrected chi connectivity index (χ2v) is 5.31. The summed E-state index contributed by atoms with van der Waals surface area (Å²) in [6.07, 6.45) is 1.41. The number of amides is 2. The summed E-state index contributed by atoms with van der Waals surface area (Å²) >= 11 is 4.93. The van der Waals surface area contributed by atoms with Gasteiger partial charge < -0.3 is 9.15 Å². The molecule has 2 aromatic rings. The van der Waals surface area contributed by atoms with Gasteiger partial charge in [-0.1, -0.05) is 18.2 Å². The van der Waals surface area contributed by atoms with Crippen molar-refractivity contribution in [2.75, 3.05) is 6.61 Å². The van der Waals surface area contributed by atoms with E-state index < -0.39 is 11.8 Å². The zero-order chi connectivity index (χ0) is 17.5. The van der Waals surface area contributed by atoms with Crippen LogP contribution in [0.2, 0.25) is 0 Å². The van der Waals surface area contributed by atoms with Crippen molar-refractivity contribution in [2.45, 2.75) is 13.8 Å². The van der Waals surface area contributed by atoms with Gasteiger partial charge in [0, 0.05) is 0 Å². The molecule has 8 heteroatoms. The lowest BCUT2D eigenvalue weighted by atomic mass is 10.2. The Kier molecular flexibility index (Phi) is 5.91. The van der Waals surface area contributed by atoms with Crippen LogP contribution in [0.15, 0.2) is 41.0 Å². The summed E-state index contributed by atoms with van der Waals surface area (Å²) in [6, 6.07) is 8.88. The molecule has 2 amide bonds. The van der Waals surface area contributed by atoms with Crippen molar-refractivity contribution in [3.63, 3.8) is 0 Å². The number of aryl methyl sites for hydroxylation is 2. The molecule has 0 radical (unpaired) electrons. The van der Waals surface area contributed by atoms with Crippen molar-refractivity contribution in [3.05, 3.63) is 53.5 Å². The molecule has 0 atom stereocenters. The van der Waals surface area contributed by atoms with Gasteiger partial charge in [-0.05, 0) is 43.8 Å². The molecule has 126 valence electrons. The predicted octanol–water partition coefficient (Wildman–Crippen LogP) is 1.61. The third-order valence-electron chi connectivity index (χ3n) is 3.10. The van der Waals surface area contributed by atoms with Gasteiger partial charge in [0.2, 0.25) is 0 Å². The van der Waals surface area contributed by atoms with E-state index in [1.165, 1.54) is 12.3 Å². The Labute approximate surface area is 144 Å². The number of ether oxygens (including phenoxy) is 1. The van der Waals surface area contributed by atoms with Gasteiger partial charge in [0.05, 0.1) is 11.8 Å². The molecule has 0 unspecified atom stereocenters. The number of furan rings is 1. The molecule has 0 saturated carbocycles. The fourth-order valence-corrected chi connectivity index (χ4v) is 2.02. The van der Waals surface area contributed by atoms with Crippen molar-refractivity contribution in [1.29, 1.82) is 0 Å². The number of benzene rings is 1. The van der Waals surface area contributed by atoms with E-state index in [1.54, 1.807) is 13.0 Å². The summed E-state index contributed by atoms with van der Waals surface area (Å²) in [5, 5.41) is 2.36. The summed E-state index contributed by atoms with van der Waals surface area (Å²) in [7, 11) is 0. The minimum Gasteiger partial charge on any atom is -0.483 e. The van der Waals surface area contributed by atoms with Gasteiger partial charge in [-0.3, -0.25) is 25.8 Å². The van der Waals surface area contributed by atoms with Crippen molar-refractivity contribution in [1.82, 2.24) is 16.2 Å². The minimum absolute atomic E-state index is 0.0390. The van der Waals surface area contributed by atoms with E-state index in [4.69, 9.17) is 21.4 Å². The first-order chi connectivity index (χ1) is 11.5. The van der Waals surface area contributed by atoms with Crippen LogP contribution in [0.1, 0.15) is 21.7 Å². The molecule has 2 rings (SSSR count). The largest absolute Gasteiger partial charge is 0.483 e. The number of rotatable bonds is 4. The fraction of sp³-hybridized carbons (Fsp3) is 0.188. The first kappa shape index (κ1) is 17.5. The average Bonchev–Trinajstić information content (AvgIpc) is 2.98. The highest BCUT2D eigenvalue weighted by atomic mass is 32.1. The zero-order valence-corrected chi connectivity index (χ0v) is 14.0. The molecule has 0 spiro atoms. The minimum atomic E-state index is -0.440. The molecule has 7 nitrogen and oxygen atoms in total. The Bertz CT molecular complexity index is 757. The summed E-state index contributed by atoms with van der Waals surface area (Å²) in [5.74, 6) is 0.240. The number of thiocarbonyl (C=S) groups is 1. The molecule has 1 heterocycles.